The summed E-state index contributed by atoms with van der Waals surface area (Å²) in [7, 11) is 2.16. The Balaban J connectivity index is 1.67. The number of likely N-dealkylation sites (N-methyl/N-ethyl adjacent to an activating group) is 1. The second-order valence-corrected chi connectivity index (χ2v) is 11.1. The maximum atomic E-state index is 14.2. The monoisotopic (exact) mass is 489 g/mol. The van der Waals surface area contributed by atoms with Crippen LogP contribution in [0, 0.1) is 6.92 Å². The molecule has 1 aromatic heterocycles. The van der Waals surface area contributed by atoms with Crippen LogP contribution in [-0.2, 0) is 10.0 Å². The highest BCUT2D eigenvalue weighted by molar-refractivity contribution is 7.90. The summed E-state index contributed by atoms with van der Waals surface area (Å²) >= 11 is 0. The Morgan fingerprint density at radius 1 is 0.857 bits per heavy atom. The summed E-state index contributed by atoms with van der Waals surface area (Å²) in [6, 6.07) is 18.9. The number of benzene rings is 3. The number of fused-ring (bicyclic) bond motifs is 2. The molecule has 1 aliphatic rings. The molecule has 8 heteroatoms. The lowest BCUT2D eigenvalue weighted by molar-refractivity contribution is 0.159. The van der Waals surface area contributed by atoms with Crippen molar-refractivity contribution in [3.8, 4) is 0 Å². The number of nitrogens with zero attached hydrogens (tertiary/aromatic N) is 5. The van der Waals surface area contributed by atoms with E-state index in [1.165, 1.54) is 3.97 Å². The fourth-order valence-electron chi connectivity index (χ4n) is 4.86. The van der Waals surface area contributed by atoms with Gasteiger partial charge in [-0.25, -0.2) is 12.4 Å². The Labute approximate surface area is 206 Å². The molecule has 0 atom stereocenters. The third-order valence-corrected chi connectivity index (χ3v) is 8.66. The van der Waals surface area contributed by atoms with E-state index in [4.69, 9.17) is 5.10 Å². The van der Waals surface area contributed by atoms with Crippen LogP contribution in [0.2, 0.25) is 0 Å². The number of para-hydroxylation sites is 1. The second-order valence-electron chi connectivity index (χ2n) is 9.31. The first kappa shape index (κ1) is 23.4. The average molecular weight is 490 g/mol. The minimum absolute atomic E-state index is 0.296. The van der Waals surface area contributed by atoms with Gasteiger partial charge in [-0.15, -0.1) is 0 Å². The van der Waals surface area contributed by atoms with E-state index in [0.29, 0.717) is 21.5 Å². The quantitative estimate of drug-likeness (QED) is 0.397. The second kappa shape index (κ2) is 9.02. The fraction of sp³-hybridized carbons (Fsp3) is 0.296. The highest BCUT2D eigenvalue weighted by Crippen LogP contribution is 2.34. The molecule has 0 spiro atoms. The van der Waals surface area contributed by atoms with Crippen molar-refractivity contribution in [2.45, 2.75) is 11.8 Å². The van der Waals surface area contributed by atoms with Crippen molar-refractivity contribution in [1.82, 2.24) is 13.9 Å². The summed E-state index contributed by atoms with van der Waals surface area (Å²) in [4.78, 5) is 4.58. The molecule has 0 N–H and O–H groups in total. The number of anilines is 1. The molecule has 5 rings (SSSR count). The van der Waals surface area contributed by atoms with E-state index in [1.807, 2.05) is 91.7 Å². The van der Waals surface area contributed by atoms with Gasteiger partial charge in [0.25, 0.3) is 10.0 Å². The molecule has 0 unspecified atom stereocenters. The van der Waals surface area contributed by atoms with Crippen LogP contribution in [0.15, 0.2) is 70.7 Å². The van der Waals surface area contributed by atoms with Crippen LogP contribution in [0.3, 0.4) is 0 Å². The molecule has 35 heavy (non-hydrogen) atoms. The molecule has 0 amide bonds. The van der Waals surface area contributed by atoms with Gasteiger partial charge in [-0.1, -0.05) is 42.5 Å². The summed E-state index contributed by atoms with van der Waals surface area (Å²) in [6.45, 7) is 5.49. The minimum Gasteiger partial charge on any atom is -0.377 e. The third-order valence-electron chi connectivity index (χ3n) is 6.80. The van der Waals surface area contributed by atoms with E-state index in [1.54, 1.807) is 6.07 Å². The van der Waals surface area contributed by atoms with E-state index in [2.05, 4.69) is 11.9 Å². The topological polar surface area (TPSA) is 61.2 Å². The third kappa shape index (κ3) is 4.06. The zero-order valence-corrected chi connectivity index (χ0v) is 21.5. The van der Waals surface area contributed by atoms with Crippen molar-refractivity contribution >= 4 is 43.6 Å². The van der Waals surface area contributed by atoms with Gasteiger partial charge in [0.05, 0.1) is 16.6 Å². The Kier molecular flexibility index (Phi) is 6.02. The molecule has 1 saturated heterocycles. The predicted molar refractivity (Wildman–Crippen MR) is 144 cm³/mol. The van der Waals surface area contributed by atoms with Gasteiger partial charge in [-0.05, 0) is 32.2 Å². The molecule has 0 radical (unpaired) electrons. The SMILES string of the molecule is Cc1c(/C=N/N2CCN(C)CC2)c2ccccc2n1S(=O)(=O)c1cccc2c(N(C)C)cccc12. The molecule has 0 aliphatic carbocycles. The van der Waals surface area contributed by atoms with Crippen LogP contribution in [0.4, 0.5) is 5.69 Å². The van der Waals surface area contributed by atoms with E-state index in [0.717, 1.165) is 48.2 Å². The van der Waals surface area contributed by atoms with E-state index >= 15 is 0 Å². The molecular weight excluding hydrogens is 458 g/mol. The van der Waals surface area contributed by atoms with Crippen LogP contribution in [0.25, 0.3) is 21.7 Å². The molecule has 7 nitrogen and oxygen atoms in total. The van der Waals surface area contributed by atoms with Crippen molar-refractivity contribution in [3.63, 3.8) is 0 Å². The lowest BCUT2D eigenvalue weighted by Gasteiger charge is -2.30. The van der Waals surface area contributed by atoms with Crippen LogP contribution < -0.4 is 4.90 Å². The number of piperazine rings is 1. The van der Waals surface area contributed by atoms with E-state index in [-0.39, 0.29) is 0 Å². The minimum atomic E-state index is -3.88. The fourth-order valence-corrected chi connectivity index (χ4v) is 6.64. The first-order chi connectivity index (χ1) is 16.8. The number of hydrazone groups is 1. The van der Waals surface area contributed by atoms with Gasteiger partial charge < -0.3 is 9.80 Å². The van der Waals surface area contributed by atoms with E-state index < -0.39 is 10.0 Å². The van der Waals surface area contributed by atoms with Gasteiger partial charge in [-0.3, -0.25) is 5.01 Å². The van der Waals surface area contributed by atoms with Crippen molar-refractivity contribution in [2.24, 2.45) is 5.10 Å². The van der Waals surface area contributed by atoms with Gasteiger partial charge in [0.15, 0.2) is 0 Å². The highest BCUT2D eigenvalue weighted by atomic mass is 32.2. The maximum Gasteiger partial charge on any atom is 0.269 e. The largest absolute Gasteiger partial charge is 0.377 e. The van der Waals surface area contributed by atoms with Gasteiger partial charge in [-0.2, -0.15) is 5.10 Å². The first-order valence-electron chi connectivity index (χ1n) is 11.8. The van der Waals surface area contributed by atoms with Gasteiger partial charge >= 0.3 is 0 Å². The van der Waals surface area contributed by atoms with Gasteiger partial charge in [0.1, 0.15) is 0 Å². The van der Waals surface area contributed by atoms with Crippen LogP contribution in [-0.4, -0.2) is 75.8 Å². The summed E-state index contributed by atoms with van der Waals surface area (Å²) in [5, 5.41) is 9.26. The standard InChI is InChI=1S/C27H31N5O2S/c1-20-24(19-28-31-17-15-30(4)16-18-31)22-9-5-6-12-26(22)32(20)35(33,34)27-14-8-10-21-23(27)11-7-13-25(21)29(2)3/h5-14,19H,15-18H2,1-4H3/b28-19+. The summed E-state index contributed by atoms with van der Waals surface area (Å²) < 4.78 is 29.9. The molecule has 1 aliphatic heterocycles. The highest BCUT2D eigenvalue weighted by Gasteiger charge is 2.26. The molecule has 2 heterocycles. The Morgan fingerprint density at radius 3 is 2.26 bits per heavy atom. The number of hydrogen-bond donors (Lipinski definition) is 0. The van der Waals surface area contributed by atoms with Crippen molar-refractivity contribution in [3.05, 3.63) is 71.9 Å². The van der Waals surface area contributed by atoms with Crippen molar-refractivity contribution in [1.29, 1.82) is 0 Å². The molecule has 182 valence electrons. The number of aromatic nitrogens is 1. The molecular formula is C27H31N5O2S. The number of rotatable bonds is 5. The van der Waals surface area contributed by atoms with Crippen molar-refractivity contribution < 1.29 is 8.42 Å². The molecule has 4 aromatic rings. The lowest BCUT2D eigenvalue weighted by Crippen LogP contribution is -2.41. The summed E-state index contributed by atoms with van der Waals surface area (Å²) in [6.07, 6.45) is 1.82. The van der Waals surface area contributed by atoms with Crippen LogP contribution in [0.5, 0.6) is 0 Å². The lowest BCUT2D eigenvalue weighted by atomic mass is 10.1. The normalized spacial score (nSPS) is 15.5. The van der Waals surface area contributed by atoms with Crippen LogP contribution in [0.1, 0.15) is 11.3 Å². The molecule has 1 fully saturated rings. The molecule has 0 saturated carbocycles. The first-order valence-corrected chi connectivity index (χ1v) is 13.2. The maximum absolute atomic E-state index is 14.2. The van der Waals surface area contributed by atoms with Crippen molar-refractivity contribution in [2.75, 3.05) is 52.2 Å². The molecule has 0 bridgehead atoms. The van der Waals surface area contributed by atoms with E-state index in [9.17, 15) is 8.42 Å². The Hall–Kier alpha value is -3.36. The van der Waals surface area contributed by atoms with Crippen LogP contribution >= 0.6 is 0 Å². The van der Waals surface area contributed by atoms with Gasteiger partial charge in [0.2, 0.25) is 0 Å². The summed E-state index contributed by atoms with van der Waals surface area (Å²) in [5.41, 5.74) is 3.13. The zero-order valence-electron chi connectivity index (χ0n) is 20.6. The summed E-state index contributed by atoms with van der Waals surface area (Å²) in [5.74, 6) is 0. The smallest absolute Gasteiger partial charge is 0.269 e. The average Bonchev–Trinajstić information content (AvgIpc) is 3.14. The number of hydrogen-bond acceptors (Lipinski definition) is 6. The Bertz CT molecular complexity index is 1530. The zero-order chi connectivity index (χ0) is 24.7. The van der Waals surface area contributed by atoms with Gasteiger partial charge in [0, 0.05) is 73.4 Å². The Morgan fingerprint density at radius 2 is 1.51 bits per heavy atom. The molecule has 3 aromatic carbocycles. The predicted octanol–water partition coefficient (Wildman–Crippen LogP) is 3.99.